The van der Waals surface area contributed by atoms with Crippen LogP contribution < -0.4 is 4.74 Å². The number of fused-ring (bicyclic) bond motifs is 3. The third-order valence-corrected chi connectivity index (χ3v) is 4.11. The first kappa shape index (κ1) is 8.10. The molecule has 4 aliphatic rings. The quantitative estimate of drug-likeness (QED) is 0.605. The molecule has 1 unspecified atom stereocenters. The first-order valence-corrected chi connectivity index (χ1v) is 5.65. The van der Waals surface area contributed by atoms with Gasteiger partial charge in [-0.1, -0.05) is 0 Å². The maximum Gasteiger partial charge on any atom is 0.315 e. The topological polar surface area (TPSA) is 43.2 Å². The SMILES string of the molecule is c1nc2n(n1)CC1(CN3CCC1CC3)O2. The second-order valence-electron chi connectivity index (χ2n) is 4.92. The van der Waals surface area contributed by atoms with Gasteiger partial charge in [-0.15, -0.1) is 0 Å². The average Bonchev–Trinajstić information content (AvgIpc) is 2.78. The molecular weight excluding hydrogens is 192 g/mol. The highest BCUT2D eigenvalue weighted by molar-refractivity contribution is 5.11. The van der Waals surface area contributed by atoms with Crippen LogP contribution in [-0.2, 0) is 6.54 Å². The third kappa shape index (κ3) is 0.963. The first-order valence-electron chi connectivity index (χ1n) is 5.65. The molecular formula is C10H14N4O. The summed E-state index contributed by atoms with van der Waals surface area (Å²) in [5.41, 5.74) is -0.00685. The molecule has 3 saturated heterocycles. The van der Waals surface area contributed by atoms with Crippen LogP contribution in [0.4, 0.5) is 0 Å². The zero-order valence-electron chi connectivity index (χ0n) is 8.59. The summed E-state index contributed by atoms with van der Waals surface area (Å²) in [4.78, 5) is 6.65. The van der Waals surface area contributed by atoms with E-state index in [4.69, 9.17) is 4.74 Å². The van der Waals surface area contributed by atoms with Crippen LogP contribution in [0.5, 0.6) is 6.01 Å². The van der Waals surface area contributed by atoms with E-state index in [2.05, 4.69) is 15.0 Å². The van der Waals surface area contributed by atoms with Crippen LogP contribution in [0.3, 0.4) is 0 Å². The standard InChI is InChI=1S/C10H14N4O/c1-3-13-4-2-8(1)10(5-13)6-14-9(15-10)11-7-12-14/h7-8H,1-6H2. The number of hydrogen-bond donors (Lipinski definition) is 0. The van der Waals surface area contributed by atoms with Gasteiger partial charge in [-0.2, -0.15) is 10.1 Å². The fourth-order valence-corrected chi connectivity index (χ4v) is 3.33. The van der Waals surface area contributed by atoms with Crippen molar-refractivity contribution >= 4 is 0 Å². The minimum Gasteiger partial charge on any atom is -0.453 e. The molecule has 0 aromatic carbocycles. The Bertz CT molecular complexity index is 373. The Morgan fingerprint density at radius 2 is 2.20 bits per heavy atom. The Kier molecular flexibility index (Phi) is 1.36. The maximum atomic E-state index is 6.06. The van der Waals surface area contributed by atoms with Gasteiger partial charge in [0.15, 0.2) is 0 Å². The minimum absolute atomic E-state index is 0.00685. The van der Waals surface area contributed by atoms with Crippen LogP contribution in [-0.4, -0.2) is 44.9 Å². The van der Waals surface area contributed by atoms with Gasteiger partial charge in [-0.25, -0.2) is 4.68 Å². The van der Waals surface area contributed by atoms with Gasteiger partial charge in [0.1, 0.15) is 11.9 Å². The Morgan fingerprint density at radius 3 is 2.87 bits per heavy atom. The minimum atomic E-state index is -0.00685. The predicted octanol–water partition coefficient (Wildman–Crippen LogP) is 0.135. The molecule has 5 heteroatoms. The lowest BCUT2D eigenvalue weighted by molar-refractivity contribution is -0.0839. The van der Waals surface area contributed by atoms with Gasteiger partial charge in [0.2, 0.25) is 0 Å². The van der Waals surface area contributed by atoms with Crippen molar-refractivity contribution in [3.05, 3.63) is 6.33 Å². The van der Waals surface area contributed by atoms with E-state index in [1.54, 1.807) is 6.33 Å². The van der Waals surface area contributed by atoms with Crippen LogP contribution >= 0.6 is 0 Å². The first-order chi connectivity index (χ1) is 7.36. The molecule has 5 heterocycles. The monoisotopic (exact) mass is 206 g/mol. The zero-order valence-corrected chi connectivity index (χ0v) is 8.59. The van der Waals surface area contributed by atoms with Crippen molar-refractivity contribution in [3.8, 4) is 6.01 Å². The second-order valence-corrected chi connectivity index (χ2v) is 4.92. The molecule has 80 valence electrons. The summed E-state index contributed by atoms with van der Waals surface area (Å²) >= 11 is 0. The van der Waals surface area contributed by atoms with Crippen LogP contribution in [0.25, 0.3) is 0 Å². The number of rotatable bonds is 0. The van der Waals surface area contributed by atoms with Gasteiger partial charge in [-0.3, -0.25) is 4.90 Å². The predicted molar refractivity (Wildman–Crippen MR) is 52.5 cm³/mol. The summed E-state index contributed by atoms with van der Waals surface area (Å²) in [6.45, 7) is 4.43. The van der Waals surface area contributed by atoms with Gasteiger partial charge in [0.05, 0.1) is 6.54 Å². The summed E-state index contributed by atoms with van der Waals surface area (Å²) in [5, 5.41) is 4.19. The van der Waals surface area contributed by atoms with Crippen LogP contribution in [0, 0.1) is 5.92 Å². The molecule has 1 spiro atoms. The van der Waals surface area contributed by atoms with Crippen molar-refractivity contribution in [3.63, 3.8) is 0 Å². The Labute approximate surface area is 88.0 Å². The van der Waals surface area contributed by atoms with E-state index in [9.17, 15) is 0 Å². The molecule has 0 aliphatic carbocycles. The molecule has 1 aromatic heterocycles. The van der Waals surface area contributed by atoms with Crippen molar-refractivity contribution < 1.29 is 4.74 Å². The van der Waals surface area contributed by atoms with E-state index >= 15 is 0 Å². The third-order valence-electron chi connectivity index (χ3n) is 4.11. The molecule has 4 aliphatic heterocycles. The Balaban J connectivity index is 1.71. The van der Waals surface area contributed by atoms with E-state index in [0.29, 0.717) is 11.9 Å². The maximum absolute atomic E-state index is 6.06. The average molecular weight is 206 g/mol. The second kappa shape index (κ2) is 2.52. The lowest BCUT2D eigenvalue weighted by Crippen LogP contribution is -2.61. The van der Waals surface area contributed by atoms with E-state index in [1.807, 2.05) is 4.68 Å². The van der Waals surface area contributed by atoms with Gasteiger partial charge in [-0.05, 0) is 25.9 Å². The smallest absolute Gasteiger partial charge is 0.315 e. The van der Waals surface area contributed by atoms with Crippen LogP contribution in [0.1, 0.15) is 12.8 Å². The van der Waals surface area contributed by atoms with Gasteiger partial charge >= 0.3 is 6.01 Å². The summed E-state index contributed by atoms with van der Waals surface area (Å²) in [6.07, 6.45) is 4.11. The normalized spacial score (nSPS) is 41.9. The number of ether oxygens (including phenoxy) is 1. The molecule has 1 aromatic rings. The van der Waals surface area contributed by atoms with Crippen molar-refractivity contribution in [2.75, 3.05) is 19.6 Å². The van der Waals surface area contributed by atoms with Crippen molar-refractivity contribution in [2.24, 2.45) is 5.92 Å². The molecule has 5 nitrogen and oxygen atoms in total. The molecule has 3 fully saturated rings. The number of aromatic nitrogens is 3. The fourth-order valence-electron chi connectivity index (χ4n) is 3.33. The van der Waals surface area contributed by atoms with Gasteiger partial charge < -0.3 is 4.74 Å². The molecule has 5 rings (SSSR count). The Hall–Kier alpha value is -1.10. The van der Waals surface area contributed by atoms with Crippen molar-refractivity contribution in [1.29, 1.82) is 0 Å². The lowest BCUT2D eigenvalue weighted by atomic mass is 9.75. The van der Waals surface area contributed by atoms with E-state index in [-0.39, 0.29) is 5.60 Å². The zero-order chi connectivity index (χ0) is 9.88. The lowest BCUT2D eigenvalue weighted by Gasteiger charge is -2.49. The van der Waals surface area contributed by atoms with Crippen LogP contribution in [0.15, 0.2) is 6.33 Å². The summed E-state index contributed by atoms with van der Waals surface area (Å²) in [6, 6.07) is 0.712. The largest absolute Gasteiger partial charge is 0.453 e. The van der Waals surface area contributed by atoms with E-state index < -0.39 is 0 Å². The fraction of sp³-hybridized carbons (Fsp3) is 0.800. The summed E-state index contributed by atoms with van der Waals surface area (Å²) < 4.78 is 7.96. The van der Waals surface area contributed by atoms with Crippen molar-refractivity contribution in [1.82, 2.24) is 19.7 Å². The number of piperidine rings is 3. The highest BCUT2D eigenvalue weighted by Gasteiger charge is 2.53. The molecule has 0 radical (unpaired) electrons. The Morgan fingerprint density at radius 1 is 1.33 bits per heavy atom. The molecule has 15 heavy (non-hydrogen) atoms. The van der Waals surface area contributed by atoms with Gasteiger partial charge in [0.25, 0.3) is 0 Å². The van der Waals surface area contributed by atoms with Crippen LogP contribution in [0.2, 0.25) is 0 Å². The molecule has 0 amide bonds. The highest BCUT2D eigenvalue weighted by Crippen LogP contribution is 2.42. The van der Waals surface area contributed by atoms with Gasteiger partial charge in [0, 0.05) is 12.5 Å². The summed E-state index contributed by atoms with van der Waals surface area (Å²) in [5.74, 6) is 0.700. The molecule has 0 saturated carbocycles. The number of nitrogens with zero attached hydrogens (tertiary/aromatic N) is 4. The molecule has 0 N–H and O–H groups in total. The summed E-state index contributed by atoms with van der Waals surface area (Å²) in [7, 11) is 0. The van der Waals surface area contributed by atoms with E-state index in [0.717, 1.165) is 13.1 Å². The van der Waals surface area contributed by atoms with Crippen molar-refractivity contribution in [2.45, 2.75) is 25.0 Å². The highest BCUT2D eigenvalue weighted by atomic mass is 16.5. The molecule has 1 atom stereocenters. The van der Waals surface area contributed by atoms with E-state index in [1.165, 1.54) is 25.9 Å². The number of hydrogen-bond acceptors (Lipinski definition) is 4. The molecule has 2 bridgehead atoms.